The molecule has 0 radical (unpaired) electrons. The van der Waals surface area contributed by atoms with Crippen LogP contribution in [0.5, 0.6) is 0 Å². The molecule has 0 atom stereocenters. The molecule has 74 valence electrons. The Morgan fingerprint density at radius 3 is 3.00 bits per heavy atom. The molecule has 3 rings (SSSR count). The van der Waals surface area contributed by atoms with Crippen molar-refractivity contribution in [2.24, 2.45) is 0 Å². The average molecular weight is 235 g/mol. The van der Waals surface area contributed by atoms with Crippen molar-refractivity contribution in [3.05, 3.63) is 23.4 Å². The van der Waals surface area contributed by atoms with Crippen LogP contribution in [0.4, 0.5) is 0 Å². The summed E-state index contributed by atoms with van der Waals surface area (Å²) in [6, 6.07) is 0. The number of hydrogen-bond acceptors (Lipinski definition) is 6. The summed E-state index contributed by atoms with van der Waals surface area (Å²) >= 11 is 3.11. The molecule has 7 heteroatoms. The Morgan fingerprint density at radius 2 is 2.27 bits per heavy atom. The second kappa shape index (κ2) is 3.52. The Balaban J connectivity index is 2.02. The molecule has 0 aliphatic heterocycles. The predicted octanol–water partition coefficient (Wildman–Crippen LogP) is 2.05. The Morgan fingerprint density at radius 1 is 1.27 bits per heavy atom. The van der Waals surface area contributed by atoms with Gasteiger partial charge >= 0.3 is 0 Å². The molecule has 1 N–H and O–H groups in total. The molecule has 0 aliphatic carbocycles. The molecule has 0 unspecified atom stereocenters. The van der Waals surface area contributed by atoms with Gasteiger partial charge in [0.05, 0.1) is 16.1 Å². The smallest absolute Gasteiger partial charge is 0.184 e. The minimum atomic E-state index is 0.704. The van der Waals surface area contributed by atoms with Gasteiger partial charge < -0.3 is 0 Å². The number of nitrogens with one attached hydrogen (secondary N) is 1. The Kier molecular flexibility index (Phi) is 2.04. The lowest BCUT2D eigenvalue weighted by atomic mass is 10.4. The van der Waals surface area contributed by atoms with Crippen LogP contribution < -0.4 is 0 Å². The summed E-state index contributed by atoms with van der Waals surface area (Å²) in [6.45, 7) is 0. The predicted molar refractivity (Wildman–Crippen MR) is 58.6 cm³/mol. The summed E-state index contributed by atoms with van der Waals surface area (Å²) in [4.78, 5) is 13.6. The molecule has 0 saturated heterocycles. The van der Waals surface area contributed by atoms with Gasteiger partial charge in [0.2, 0.25) is 0 Å². The highest BCUT2D eigenvalue weighted by Gasteiger charge is 2.09. The fraction of sp³-hybridized carbons (Fsp3) is 0. The number of aromatic amines is 1. The highest BCUT2D eigenvalue weighted by Crippen LogP contribution is 2.28. The van der Waals surface area contributed by atoms with Crippen LogP contribution >= 0.6 is 22.7 Å². The van der Waals surface area contributed by atoms with Gasteiger partial charge in [0, 0.05) is 11.6 Å². The fourth-order valence-electron chi connectivity index (χ4n) is 1.15. The van der Waals surface area contributed by atoms with Gasteiger partial charge in [0.25, 0.3) is 0 Å². The molecule has 0 aliphatic rings. The van der Waals surface area contributed by atoms with E-state index in [1.807, 2.05) is 11.6 Å². The zero-order valence-electron chi connectivity index (χ0n) is 7.41. The summed E-state index contributed by atoms with van der Waals surface area (Å²) < 4.78 is 0. The van der Waals surface area contributed by atoms with Gasteiger partial charge in [0.15, 0.2) is 10.8 Å². The first-order valence-electron chi connectivity index (χ1n) is 4.13. The van der Waals surface area contributed by atoms with E-state index in [0.29, 0.717) is 5.82 Å². The third kappa shape index (κ3) is 1.55. The quantitative estimate of drug-likeness (QED) is 0.738. The van der Waals surface area contributed by atoms with Gasteiger partial charge in [-0.1, -0.05) is 0 Å². The topological polar surface area (TPSA) is 67.3 Å². The van der Waals surface area contributed by atoms with Crippen LogP contribution in [0, 0.1) is 0 Å². The summed E-state index contributed by atoms with van der Waals surface area (Å²) in [5.41, 5.74) is 2.73. The third-order valence-electron chi connectivity index (χ3n) is 1.81. The van der Waals surface area contributed by atoms with Crippen molar-refractivity contribution in [1.82, 2.24) is 25.1 Å². The standard InChI is InChI=1S/C8H5N5S2/c1-6(15-4-9-1)5-2-14-8(12-5)7-10-3-11-13-7/h1-4H,(H,10,11,13). The first-order chi connectivity index (χ1) is 7.43. The van der Waals surface area contributed by atoms with E-state index in [0.717, 1.165) is 15.6 Å². The maximum Gasteiger partial charge on any atom is 0.184 e. The van der Waals surface area contributed by atoms with E-state index in [4.69, 9.17) is 0 Å². The summed E-state index contributed by atoms with van der Waals surface area (Å²) in [7, 11) is 0. The normalized spacial score (nSPS) is 10.7. The van der Waals surface area contributed by atoms with Crippen LogP contribution in [-0.4, -0.2) is 25.1 Å². The molecule has 0 fully saturated rings. The minimum absolute atomic E-state index is 0.704. The van der Waals surface area contributed by atoms with E-state index in [-0.39, 0.29) is 0 Å². The van der Waals surface area contributed by atoms with Crippen molar-refractivity contribution in [1.29, 1.82) is 0 Å². The first kappa shape index (κ1) is 8.69. The van der Waals surface area contributed by atoms with E-state index in [9.17, 15) is 0 Å². The lowest BCUT2D eigenvalue weighted by Crippen LogP contribution is -1.79. The van der Waals surface area contributed by atoms with E-state index in [1.165, 1.54) is 17.7 Å². The number of rotatable bonds is 2. The maximum atomic E-state index is 4.45. The van der Waals surface area contributed by atoms with Crippen LogP contribution in [-0.2, 0) is 0 Å². The van der Waals surface area contributed by atoms with E-state index < -0.39 is 0 Å². The monoisotopic (exact) mass is 235 g/mol. The number of H-pyrrole nitrogens is 1. The van der Waals surface area contributed by atoms with Crippen LogP contribution in [0.3, 0.4) is 0 Å². The second-order valence-electron chi connectivity index (χ2n) is 2.74. The fourth-order valence-corrected chi connectivity index (χ4v) is 2.57. The van der Waals surface area contributed by atoms with Gasteiger partial charge in [-0.2, -0.15) is 5.10 Å². The average Bonchev–Trinajstić information content (AvgIpc) is 3.02. The summed E-state index contributed by atoms with van der Waals surface area (Å²) in [5, 5.41) is 9.41. The number of nitrogens with zero attached hydrogens (tertiary/aromatic N) is 4. The zero-order chi connectivity index (χ0) is 10.1. The van der Waals surface area contributed by atoms with Gasteiger partial charge in [-0.25, -0.2) is 9.97 Å². The maximum absolute atomic E-state index is 4.45. The van der Waals surface area contributed by atoms with Gasteiger partial charge in [-0.05, 0) is 0 Å². The summed E-state index contributed by atoms with van der Waals surface area (Å²) in [5.74, 6) is 0.704. The molecule has 3 aromatic heterocycles. The van der Waals surface area contributed by atoms with Crippen LogP contribution in [0.25, 0.3) is 21.4 Å². The van der Waals surface area contributed by atoms with Crippen molar-refractivity contribution < 1.29 is 0 Å². The van der Waals surface area contributed by atoms with E-state index in [1.54, 1.807) is 16.8 Å². The highest BCUT2D eigenvalue weighted by molar-refractivity contribution is 7.15. The van der Waals surface area contributed by atoms with Crippen molar-refractivity contribution >= 4 is 22.7 Å². The van der Waals surface area contributed by atoms with Crippen LogP contribution in [0.2, 0.25) is 0 Å². The molecule has 0 aromatic carbocycles. The third-order valence-corrected chi connectivity index (χ3v) is 3.45. The van der Waals surface area contributed by atoms with Crippen LogP contribution in [0.15, 0.2) is 23.4 Å². The molecule has 3 aromatic rings. The van der Waals surface area contributed by atoms with Crippen molar-refractivity contribution in [2.45, 2.75) is 0 Å². The molecule has 0 amide bonds. The van der Waals surface area contributed by atoms with Crippen molar-refractivity contribution in [3.63, 3.8) is 0 Å². The Hall–Kier alpha value is -1.60. The molecule has 0 saturated carbocycles. The van der Waals surface area contributed by atoms with Crippen LogP contribution in [0.1, 0.15) is 0 Å². The highest BCUT2D eigenvalue weighted by atomic mass is 32.1. The lowest BCUT2D eigenvalue weighted by molar-refractivity contribution is 1.09. The molecular formula is C8H5N5S2. The van der Waals surface area contributed by atoms with E-state index in [2.05, 4.69) is 25.1 Å². The molecular weight excluding hydrogens is 230 g/mol. The lowest BCUT2D eigenvalue weighted by Gasteiger charge is -1.86. The second-order valence-corrected chi connectivity index (χ2v) is 4.48. The van der Waals surface area contributed by atoms with Gasteiger partial charge in [0.1, 0.15) is 6.33 Å². The Labute approximate surface area is 92.9 Å². The molecule has 0 spiro atoms. The van der Waals surface area contributed by atoms with Crippen molar-refractivity contribution in [2.75, 3.05) is 0 Å². The SMILES string of the molecule is c1n[nH]c(-c2nc(-c3cncs3)cs2)n1. The molecule has 0 bridgehead atoms. The number of hydrogen-bond donors (Lipinski definition) is 1. The molecule has 5 nitrogen and oxygen atoms in total. The van der Waals surface area contributed by atoms with E-state index >= 15 is 0 Å². The first-order valence-corrected chi connectivity index (χ1v) is 5.89. The van der Waals surface area contributed by atoms with Gasteiger partial charge in [-0.15, -0.1) is 22.7 Å². The summed E-state index contributed by atoms with van der Waals surface area (Å²) in [6.07, 6.45) is 3.28. The number of thiazole rings is 2. The largest absolute Gasteiger partial charge is 0.257 e. The molecule has 3 heterocycles. The zero-order valence-corrected chi connectivity index (χ0v) is 9.05. The molecule has 15 heavy (non-hydrogen) atoms. The minimum Gasteiger partial charge on any atom is -0.257 e. The van der Waals surface area contributed by atoms with Gasteiger partial charge in [-0.3, -0.25) is 10.1 Å². The number of aromatic nitrogens is 5. The van der Waals surface area contributed by atoms with Crippen molar-refractivity contribution in [3.8, 4) is 21.4 Å². The Bertz CT molecular complexity index is 491.